The topological polar surface area (TPSA) is 32.9 Å². The zero-order chi connectivity index (χ0) is 10.3. The predicted molar refractivity (Wildman–Crippen MR) is 57.2 cm³/mol. The van der Waals surface area contributed by atoms with Gasteiger partial charge in [-0.3, -0.25) is 4.79 Å². The van der Waals surface area contributed by atoms with E-state index in [2.05, 4.69) is 20.9 Å². The van der Waals surface area contributed by atoms with Crippen molar-refractivity contribution < 1.29 is 4.39 Å². The number of aromatic amines is 1. The van der Waals surface area contributed by atoms with Crippen LogP contribution < -0.4 is 5.43 Å². The summed E-state index contributed by atoms with van der Waals surface area (Å²) in [4.78, 5) is 14.2. The summed E-state index contributed by atoms with van der Waals surface area (Å²) < 4.78 is 13.7. The number of benzene rings is 1. The van der Waals surface area contributed by atoms with Gasteiger partial charge in [0.1, 0.15) is 5.82 Å². The van der Waals surface area contributed by atoms with Crippen molar-refractivity contribution in [2.45, 2.75) is 0 Å². The van der Waals surface area contributed by atoms with E-state index in [0.29, 0.717) is 9.99 Å². The highest BCUT2D eigenvalue weighted by molar-refractivity contribution is 9.10. The molecule has 72 valence electrons. The number of hydrogen-bond acceptors (Lipinski definition) is 1. The summed E-state index contributed by atoms with van der Waals surface area (Å²) in [5, 5.41) is 0.0195. The molecule has 0 saturated carbocycles. The molecule has 0 saturated heterocycles. The van der Waals surface area contributed by atoms with Gasteiger partial charge in [0.05, 0.1) is 15.9 Å². The van der Waals surface area contributed by atoms with E-state index in [4.69, 9.17) is 11.6 Å². The van der Waals surface area contributed by atoms with Crippen molar-refractivity contribution in [1.29, 1.82) is 0 Å². The molecule has 0 spiro atoms. The summed E-state index contributed by atoms with van der Waals surface area (Å²) in [6.07, 6.45) is 1.49. The van der Waals surface area contributed by atoms with Gasteiger partial charge in [-0.2, -0.15) is 0 Å². The molecule has 1 N–H and O–H groups in total. The van der Waals surface area contributed by atoms with Gasteiger partial charge >= 0.3 is 0 Å². The Morgan fingerprint density at radius 3 is 2.93 bits per heavy atom. The number of nitrogens with one attached hydrogen (secondary N) is 1. The number of fused-ring (bicyclic) bond motifs is 1. The third-order valence-corrected chi connectivity index (χ3v) is 2.88. The fourth-order valence-corrected chi connectivity index (χ4v) is 2.01. The average Bonchev–Trinajstić information content (AvgIpc) is 2.14. The molecule has 2 nitrogen and oxygen atoms in total. The van der Waals surface area contributed by atoms with Crippen LogP contribution in [0.4, 0.5) is 4.39 Å². The van der Waals surface area contributed by atoms with Crippen molar-refractivity contribution in [2.75, 3.05) is 0 Å². The summed E-state index contributed by atoms with van der Waals surface area (Å²) in [5.74, 6) is -0.609. The summed E-state index contributed by atoms with van der Waals surface area (Å²) in [5.41, 5.74) is 0.202. The number of rotatable bonds is 0. The van der Waals surface area contributed by atoms with Crippen LogP contribution in [-0.2, 0) is 0 Å². The van der Waals surface area contributed by atoms with E-state index in [9.17, 15) is 9.18 Å². The predicted octanol–water partition coefficient (Wildman–Crippen LogP) is 3.08. The summed E-state index contributed by atoms with van der Waals surface area (Å²) in [7, 11) is 0. The molecule has 0 aliphatic carbocycles. The molecule has 0 amide bonds. The normalized spacial score (nSPS) is 10.8. The fourth-order valence-electron chi connectivity index (χ4n) is 1.25. The third-order valence-electron chi connectivity index (χ3n) is 1.88. The average molecular weight is 276 g/mol. The van der Waals surface area contributed by atoms with Crippen molar-refractivity contribution in [3.8, 4) is 0 Å². The van der Waals surface area contributed by atoms with Crippen LogP contribution >= 0.6 is 27.5 Å². The van der Waals surface area contributed by atoms with E-state index in [1.807, 2.05) is 0 Å². The van der Waals surface area contributed by atoms with E-state index in [1.54, 1.807) is 0 Å². The van der Waals surface area contributed by atoms with Gasteiger partial charge in [-0.15, -0.1) is 0 Å². The van der Waals surface area contributed by atoms with Crippen LogP contribution in [0.25, 0.3) is 10.9 Å². The molecule has 1 heterocycles. The van der Waals surface area contributed by atoms with Crippen LogP contribution in [0.15, 0.2) is 27.6 Å². The Morgan fingerprint density at radius 1 is 1.50 bits per heavy atom. The summed E-state index contributed by atoms with van der Waals surface area (Å²) in [6, 6.07) is 2.53. The quantitative estimate of drug-likeness (QED) is 0.737. The molecule has 2 rings (SSSR count). The van der Waals surface area contributed by atoms with Gasteiger partial charge < -0.3 is 4.98 Å². The lowest BCUT2D eigenvalue weighted by molar-refractivity contribution is 0.629. The first-order chi connectivity index (χ1) is 6.61. The van der Waals surface area contributed by atoms with Crippen LogP contribution in [0.3, 0.4) is 0 Å². The van der Waals surface area contributed by atoms with E-state index < -0.39 is 5.82 Å². The maximum absolute atomic E-state index is 13.2. The highest BCUT2D eigenvalue weighted by Gasteiger charge is 2.11. The molecule has 0 aliphatic heterocycles. The third kappa shape index (κ3) is 1.35. The Bertz CT molecular complexity index is 566. The number of H-pyrrole nitrogens is 1. The molecule has 0 radical (unpaired) electrons. The summed E-state index contributed by atoms with van der Waals surface area (Å²) >= 11 is 8.83. The molecule has 0 bridgehead atoms. The lowest BCUT2D eigenvalue weighted by atomic mass is 10.2. The second-order valence-electron chi connectivity index (χ2n) is 2.75. The van der Waals surface area contributed by atoms with Crippen LogP contribution in [0.5, 0.6) is 0 Å². The summed E-state index contributed by atoms with van der Waals surface area (Å²) in [6.45, 7) is 0. The van der Waals surface area contributed by atoms with Gasteiger partial charge in [0.15, 0.2) is 5.43 Å². The van der Waals surface area contributed by atoms with Gasteiger partial charge in [0, 0.05) is 16.7 Å². The minimum atomic E-state index is -0.609. The minimum Gasteiger partial charge on any atom is -0.360 e. The molecule has 0 aliphatic rings. The SMILES string of the molecule is O=c1cc[nH]c2c(Br)cc(F)c(Cl)c12. The van der Waals surface area contributed by atoms with Crippen LogP contribution in [0, 0.1) is 5.82 Å². The van der Waals surface area contributed by atoms with E-state index in [1.165, 1.54) is 18.3 Å². The molecular weight excluding hydrogens is 272 g/mol. The van der Waals surface area contributed by atoms with Crippen LogP contribution in [0.1, 0.15) is 0 Å². The van der Waals surface area contributed by atoms with Crippen LogP contribution in [0.2, 0.25) is 5.02 Å². The Labute approximate surface area is 91.8 Å². The van der Waals surface area contributed by atoms with Crippen molar-refractivity contribution in [2.24, 2.45) is 0 Å². The van der Waals surface area contributed by atoms with Crippen LogP contribution in [-0.4, -0.2) is 4.98 Å². The monoisotopic (exact) mass is 275 g/mol. The van der Waals surface area contributed by atoms with Crippen molar-refractivity contribution in [1.82, 2.24) is 4.98 Å². The zero-order valence-electron chi connectivity index (χ0n) is 6.77. The van der Waals surface area contributed by atoms with E-state index in [0.717, 1.165) is 0 Å². The number of aromatic nitrogens is 1. The standard InChI is InChI=1S/C9H4BrClFNO/c10-4-3-5(12)8(11)7-6(14)1-2-13-9(4)7/h1-3H,(H,13,14). The molecule has 1 aromatic heterocycles. The number of pyridine rings is 1. The van der Waals surface area contributed by atoms with E-state index >= 15 is 0 Å². The Hall–Kier alpha value is -0.870. The molecule has 0 atom stereocenters. The minimum absolute atomic E-state index is 0.148. The Morgan fingerprint density at radius 2 is 2.21 bits per heavy atom. The smallest absolute Gasteiger partial charge is 0.191 e. The maximum atomic E-state index is 13.2. The largest absolute Gasteiger partial charge is 0.360 e. The molecule has 0 fully saturated rings. The first-order valence-corrected chi connectivity index (χ1v) is 4.93. The number of halogens is 3. The second-order valence-corrected chi connectivity index (χ2v) is 3.98. The van der Waals surface area contributed by atoms with Gasteiger partial charge in [-0.05, 0) is 22.0 Å². The first-order valence-electron chi connectivity index (χ1n) is 3.76. The molecule has 0 unspecified atom stereocenters. The van der Waals surface area contributed by atoms with Gasteiger partial charge in [-0.25, -0.2) is 4.39 Å². The van der Waals surface area contributed by atoms with Crippen molar-refractivity contribution in [3.05, 3.63) is 43.9 Å². The lowest BCUT2D eigenvalue weighted by Crippen LogP contribution is -2.02. The Balaban J connectivity index is 3.11. The fraction of sp³-hybridized carbons (Fsp3) is 0. The van der Waals surface area contributed by atoms with Crippen molar-refractivity contribution in [3.63, 3.8) is 0 Å². The zero-order valence-corrected chi connectivity index (χ0v) is 9.12. The second kappa shape index (κ2) is 3.37. The highest BCUT2D eigenvalue weighted by Crippen LogP contribution is 2.28. The molecule has 2 aromatic rings. The van der Waals surface area contributed by atoms with Gasteiger partial charge in [0.2, 0.25) is 0 Å². The van der Waals surface area contributed by atoms with Crippen molar-refractivity contribution >= 4 is 38.4 Å². The number of hydrogen-bond donors (Lipinski definition) is 1. The highest BCUT2D eigenvalue weighted by atomic mass is 79.9. The molecule has 1 aromatic carbocycles. The molecule has 14 heavy (non-hydrogen) atoms. The van der Waals surface area contributed by atoms with E-state index in [-0.39, 0.29) is 15.8 Å². The van der Waals surface area contributed by atoms with Gasteiger partial charge in [-0.1, -0.05) is 11.6 Å². The first kappa shape index (κ1) is 9.68. The van der Waals surface area contributed by atoms with Gasteiger partial charge in [0.25, 0.3) is 0 Å². The Kier molecular flexibility index (Phi) is 2.33. The molecular formula is C9H4BrClFNO. The maximum Gasteiger partial charge on any atom is 0.191 e. The molecule has 5 heteroatoms. The lowest BCUT2D eigenvalue weighted by Gasteiger charge is -2.02.